The Balaban J connectivity index is 1.91. The maximum Gasteiger partial charge on any atom is 0.151 e. The van der Waals surface area contributed by atoms with Gasteiger partial charge in [0.05, 0.1) is 5.88 Å². The van der Waals surface area contributed by atoms with Gasteiger partial charge in [0.25, 0.3) is 0 Å². The van der Waals surface area contributed by atoms with E-state index in [9.17, 15) is 0 Å². The van der Waals surface area contributed by atoms with Crippen LogP contribution in [0.5, 0.6) is 0 Å². The number of hydrogen-bond acceptors (Lipinski definition) is 4. The first-order chi connectivity index (χ1) is 5.95. The minimum atomic E-state index is 0.834. The number of thiazole rings is 1. The maximum atomic E-state index is 4.16. The van der Waals surface area contributed by atoms with Crippen molar-refractivity contribution < 1.29 is 0 Å². The van der Waals surface area contributed by atoms with E-state index >= 15 is 0 Å². The maximum absolute atomic E-state index is 4.16. The summed E-state index contributed by atoms with van der Waals surface area (Å²) in [4.78, 5) is 4.16. The van der Waals surface area contributed by atoms with Gasteiger partial charge in [-0.25, -0.2) is 4.98 Å². The van der Waals surface area contributed by atoms with E-state index in [-0.39, 0.29) is 0 Å². The summed E-state index contributed by atoms with van der Waals surface area (Å²) < 4.78 is 2.97. The SMILES string of the molecule is c1cnn(CSc2nccs2)c1. The molecule has 62 valence electrons. The lowest BCUT2D eigenvalue weighted by molar-refractivity contribution is 0.750. The van der Waals surface area contributed by atoms with Gasteiger partial charge in [0, 0.05) is 24.0 Å². The summed E-state index contributed by atoms with van der Waals surface area (Å²) in [5, 5.41) is 6.07. The van der Waals surface area contributed by atoms with Gasteiger partial charge in [-0.05, 0) is 6.07 Å². The van der Waals surface area contributed by atoms with E-state index < -0.39 is 0 Å². The molecule has 0 aliphatic rings. The van der Waals surface area contributed by atoms with Crippen molar-refractivity contribution in [1.29, 1.82) is 0 Å². The van der Waals surface area contributed by atoms with Crippen LogP contribution in [0.15, 0.2) is 34.4 Å². The molecule has 0 fully saturated rings. The summed E-state index contributed by atoms with van der Waals surface area (Å²) in [6.07, 6.45) is 5.54. The smallest absolute Gasteiger partial charge is 0.151 e. The van der Waals surface area contributed by atoms with Crippen LogP contribution in [0.1, 0.15) is 0 Å². The molecule has 0 aromatic carbocycles. The van der Waals surface area contributed by atoms with Crippen molar-refractivity contribution in [2.75, 3.05) is 0 Å². The van der Waals surface area contributed by atoms with E-state index in [0.717, 1.165) is 10.2 Å². The molecule has 12 heavy (non-hydrogen) atoms. The van der Waals surface area contributed by atoms with E-state index in [1.54, 1.807) is 29.3 Å². The Labute approximate surface area is 78.4 Å². The quantitative estimate of drug-likeness (QED) is 0.706. The van der Waals surface area contributed by atoms with Gasteiger partial charge >= 0.3 is 0 Å². The second-order valence-corrected chi connectivity index (χ2v) is 4.20. The van der Waals surface area contributed by atoms with Gasteiger partial charge in [0.15, 0.2) is 4.34 Å². The van der Waals surface area contributed by atoms with Gasteiger partial charge in [-0.15, -0.1) is 11.3 Å². The van der Waals surface area contributed by atoms with E-state index in [2.05, 4.69) is 10.1 Å². The Morgan fingerprint density at radius 1 is 1.50 bits per heavy atom. The Kier molecular flexibility index (Phi) is 2.43. The molecule has 2 rings (SSSR count). The number of thioether (sulfide) groups is 1. The van der Waals surface area contributed by atoms with Crippen molar-refractivity contribution in [3.63, 3.8) is 0 Å². The molecule has 5 heteroatoms. The van der Waals surface area contributed by atoms with Crippen LogP contribution in [0.4, 0.5) is 0 Å². The third kappa shape index (κ3) is 1.86. The van der Waals surface area contributed by atoms with E-state index in [1.807, 2.05) is 28.5 Å². The van der Waals surface area contributed by atoms with Gasteiger partial charge in [0.1, 0.15) is 0 Å². The van der Waals surface area contributed by atoms with Crippen LogP contribution in [-0.2, 0) is 5.88 Å². The molecule has 0 unspecified atom stereocenters. The lowest BCUT2D eigenvalue weighted by Crippen LogP contribution is -1.93. The molecule has 0 aliphatic carbocycles. The van der Waals surface area contributed by atoms with Gasteiger partial charge in [-0.2, -0.15) is 5.10 Å². The summed E-state index contributed by atoms with van der Waals surface area (Å²) in [6, 6.07) is 1.92. The fourth-order valence-corrected chi connectivity index (χ4v) is 2.27. The zero-order chi connectivity index (χ0) is 8.23. The molecule has 2 aromatic rings. The van der Waals surface area contributed by atoms with Crippen LogP contribution in [0, 0.1) is 0 Å². The Morgan fingerprint density at radius 2 is 2.50 bits per heavy atom. The van der Waals surface area contributed by atoms with Crippen LogP contribution in [-0.4, -0.2) is 14.8 Å². The second kappa shape index (κ2) is 3.73. The second-order valence-electron chi connectivity index (χ2n) is 2.12. The van der Waals surface area contributed by atoms with Gasteiger partial charge in [-0.1, -0.05) is 11.8 Å². The number of nitrogens with zero attached hydrogens (tertiary/aromatic N) is 3. The Morgan fingerprint density at radius 3 is 3.17 bits per heavy atom. The highest BCUT2D eigenvalue weighted by Gasteiger charge is 1.96. The highest BCUT2D eigenvalue weighted by molar-refractivity contribution is 8.00. The van der Waals surface area contributed by atoms with Crippen molar-refractivity contribution in [1.82, 2.24) is 14.8 Å². The first kappa shape index (κ1) is 7.82. The molecule has 0 spiro atoms. The Bertz CT molecular complexity index is 280. The molecule has 0 saturated carbocycles. The van der Waals surface area contributed by atoms with Crippen LogP contribution in [0.25, 0.3) is 0 Å². The predicted octanol–water partition coefficient (Wildman–Crippen LogP) is 2.09. The molecule has 0 aliphatic heterocycles. The van der Waals surface area contributed by atoms with Gasteiger partial charge in [-0.3, -0.25) is 4.68 Å². The highest BCUT2D eigenvalue weighted by Crippen LogP contribution is 2.21. The van der Waals surface area contributed by atoms with Crippen molar-refractivity contribution in [3.8, 4) is 0 Å². The first-order valence-corrected chi connectivity index (χ1v) is 5.31. The fourth-order valence-electron chi connectivity index (χ4n) is 0.780. The summed E-state index contributed by atoms with van der Waals surface area (Å²) in [7, 11) is 0. The zero-order valence-corrected chi connectivity index (χ0v) is 7.88. The fraction of sp³-hybridized carbons (Fsp3) is 0.143. The molecule has 0 bridgehead atoms. The third-order valence-electron chi connectivity index (χ3n) is 1.29. The Hall–Kier alpha value is -0.810. The molecule has 0 saturated heterocycles. The monoisotopic (exact) mass is 197 g/mol. The molecular formula is C7H7N3S2. The van der Waals surface area contributed by atoms with Crippen molar-refractivity contribution >= 4 is 23.1 Å². The van der Waals surface area contributed by atoms with E-state index in [1.165, 1.54) is 0 Å². The van der Waals surface area contributed by atoms with Crippen molar-refractivity contribution in [2.45, 2.75) is 10.2 Å². The minimum Gasteiger partial charge on any atom is -0.262 e. The molecule has 2 heterocycles. The number of hydrogen-bond donors (Lipinski definition) is 0. The average Bonchev–Trinajstić information content (AvgIpc) is 2.74. The van der Waals surface area contributed by atoms with Gasteiger partial charge < -0.3 is 0 Å². The van der Waals surface area contributed by atoms with Crippen molar-refractivity contribution in [3.05, 3.63) is 30.0 Å². The lowest BCUT2D eigenvalue weighted by Gasteiger charge is -1.96. The van der Waals surface area contributed by atoms with Gasteiger partial charge in [0.2, 0.25) is 0 Å². The molecule has 0 N–H and O–H groups in total. The van der Waals surface area contributed by atoms with Crippen molar-refractivity contribution in [2.24, 2.45) is 0 Å². The van der Waals surface area contributed by atoms with E-state index in [4.69, 9.17) is 0 Å². The summed E-state index contributed by atoms with van der Waals surface area (Å²) in [5.41, 5.74) is 0. The third-order valence-corrected chi connectivity index (χ3v) is 3.24. The molecule has 0 radical (unpaired) electrons. The summed E-state index contributed by atoms with van der Waals surface area (Å²) >= 11 is 3.35. The topological polar surface area (TPSA) is 30.7 Å². The zero-order valence-electron chi connectivity index (χ0n) is 6.25. The predicted molar refractivity (Wildman–Crippen MR) is 50.2 cm³/mol. The first-order valence-electron chi connectivity index (χ1n) is 3.45. The largest absolute Gasteiger partial charge is 0.262 e. The van der Waals surface area contributed by atoms with Crippen LogP contribution in [0.3, 0.4) is 0 Å². The molecule has 0 amide bonds. The summed E-state index contributed by atoms with van der Waals surface area (Å²) in [6.45, 7) is 0. The van der Waals surface area contributed by atoms with Crippen LogP contribution >= 0.6 is 23.1 Å². The standard InChI is InChI=1S/C7H7N3S2/c1-2-9-10(4-1)6-12-7-8-3-5-11-7/h1-5H,6H2. The normalized spacial score (nSPS) is 10.3. The number of aromatic nitrogens is 3. The number of rotatable bonds is 3. The lowest BCUT2D eigenvalue weighted by atomic mass is 10.8. The minimum absolute atomic E-state index is 0.834. The summed E-state index contributed by atoms with van der Waals surface area (Å²) in [5.74, 6) is 0.834. The molecular weight excluding hydrogens is 190 g/mol. The molecule has 3 nitrogen and oxygen atoms in total. The van der Waals surface area contributed by atoms with Crippen LogP contribution < -0.4 is 0 Å². The van der Waals surface area contributed by atoms with Crippen LogP contribution in [0.2, 0.25) is 0 Å². The van der Waals surface area contributed by atoms with E-state index in [0.29, 0.717) is 0 Å². The molecule has 0 atom stereocenters. The highest BCUT2D eigenvalue weighted by atomic mass is 32.2. The average molecular weight is 197 g/mol. The molecule has 2 aromatic heterocycles.